The third-order valence-electron chi connectivity index (χ3n) is 18.0. The van der Waals surface area contributed by atoms with Gasteiger partial charge in [0.15, 0.2) is 0 Å². The van der Waals surface area contributed by atoms with E-state index >= 15 is 0 Å². The van der Waals surface area contributed by atoms with E-state index in [1.54, 1.807) is 0 Å². The van der Waals surface area contributed by atoms with Crippen LogP contribution >= 0.6 is 0 Å². The zero-order chi connectivity index (χ0) is 51.9. The van der Waals surface area contributed by atoms with Crippen molar-refractivity contribution in [3.8, 4) is 16.8 Å². The van der Waals surface area contributed by atoms with E-state index in [1.807, 2.05) is 0 Å². The molecule has 12 rings (SSSR count). The number of hydrogen-bond acceptors (Lipinski definition) is 2. The van der Waals surface area contributed by atoms with Gasteiger partial charge in [0.2, 0.25) is 0 Å². The number of nitrogens with zero attached hydrogens (tertiary/aromatic N) is 3. The molecule has 0 atom stereocenters. The molecule has 0 bridgehead atoms. The summed E-state index contributed by atoms with van der Waals surface area (Å²) in [5.41, 5.74) is 29.3. The lowest BCUT2D eigenvalue weighted by Gasteiger charge is -2.45. The second-order valence-electron chi connectivity index (χ2n) is 27.6. The second-order valence-corrected chi connectivity index (χ2v) is 27.6. The Morgan fingerprint density at radius 2 is 1.04 bits per heavy atom. The summed E-state index contributed by atoms with van der Waals surface area (Å²) < 4.78 is 2.74. The fourth-order valence-electron chi connectivity index (χ4n) is 13.6. The maximum absolute atomic E-state index is 2.74. The molecule has 8 aromatic rings. The van der Waals surface area contributed by atoms with Gasteiger partial charge in [-0.15, -0.1) is 0 Å². The van der Waals surface area contributed by atoms with E-state index in [4.69, 9.17) is 0 Å². The largest absolute Gasteiger partial charge is 0.313 e. The number of rotatable bonds is 4. The molecule has 3 nitrogen and oxygen atoms in total. The van der Waals surface area contributed by atoms with Gasteiger partial charge in [-0.3, -0.25) is 0 Å². The highest BCUT2D eigenvalue weighted by atomic mass is 15.2. The molecule has 370 valence electrons. The molecular formula is C69H76BN3. The summed E-state index contributed by atoms with van der Waals surface area (Å²) in [6, 6.07) is 50.7. The number of aryl methyl sites for hydroxylation is 2. The molecule has 4 heteroatoms. The van der Waals surface area contributed by atoms with Gasteiger partial charge in [-0.25, -0.2) is 0 Å². The van der Waals surface area contributed by atoms with E-state index in [-0.39, 0.29) is 39.2 Å². The first-order valence-corrected chi connectivity index (χ1v) is 27.3. The number of aromatic nitrogens is 1. The highest BCUT2D eigenvalue weighted by Crippen LogP contribution is 2.56. The molecule has 0 spiro atoms. The lowest BCUT2D eigenvalue weighted by Crippen LogP contribution is -2.61. The van der Waals surface area contributed by atoms with Crippen LogP contribution in [0.15, 0.2) is 127 Å². The van der Waals surface area contributed by atoms with Crippen LogP contribution < -0.4 is 26.2 Å². The molecule has 3 heterocycles. The number of benzene rings is 7. The maximum Gasteiger partial charge on any atom is 0.252 e. The van der Waals surface area contributed by atoms with Crippen LogP contribution in [0.1, 0.15) is 167 Å². The van der Waals surface area contributed by atoms with Crippen molar-refractivity contribution in [3.05, 3.63) is 178 Å². The van der Waals surface area contributed by atoms with Gasteiger partial charge < -0.3 is 14.4 Å². The Kier molecular flexibility index (Phi) is 10.1. The van der Waals surface area contributed by atoms with E-state index in [2.05, 4.69) is 259 Å². The Balaban J connectivity index is 1.19. The smallest absolute Gasteiger partial charge is 0.252 e. The van der Waals surface area contributed by atoms with Crippen molar-refractivity contribution < 1.29 is 0 Å². The highest BCUT2D eigenvalue weighted by molar-refractivity contribution is 7.00. The van der Waals surface area contributed by atoms with Gasteiger partial charge >= 0.3 is 0 Å². The molecule has 2 aliphatic carbocycles. The molecule has 0 saturated heterocycles. The predicted octanol–water partition coefficient (Wildman–Crippen LogP) is 16.9. The van der Waals surface area contributed by atoms with Crippen LogP contribution in [0.2, 0.25) is 0 Å². The first kappa shape index (κ1) is 47.7. The summed E-state index contributed by atoms with van der Waals surface area (Å²) in [6.45, 7) is 40.5. The van der Waals surface area contributed by atoms with Gasteiger partial charge in [0.05, 0.1) is 0 Å². The minimum atomic E-state index is -0.207. The predicted molar refractivity (Wildman–Crippen MR) is 316 cm³/mol. The van der Waals surface area contributed by atoms with Crippen molar-refractivity contribution in [3.63, 3.8) is 0 Å². The fourth-order valence-corrected chi connectivity index (χ4v) is 13.6. The molecule has 0 N–H and O–H groups in total. The molecule has 0 saturated carbocycles. The minimum Gasteiger partial charge on any atom is -0.313 e. The summed E-state index contributed by atoms with van der Waals surface area (Å²) in [7, 11) is 0. The van der Waals surface area contributed by atoms with Crippen LogP contribution in [0.3, 0.4) is 0 Å². The topological polar surface area (TPSA) is 11.4 Å². The standard InChI is InChI=1S/C69H76BN3/c1-41-34-58-61-59(35-41)73-62-50(60-49-20-18-19-21-51(49)69(16,17)63(60)73)37-45(66(9,10)11)38-55(62)70(61)54-31-30-48(39-57(54)72(58)56-40-53-52(36-42(56)2)67(12,13)32-33-68(53,14)15)71(46-26-22-43(23-27-46)64(3,4)5)47-28-24-44(25-29-47)65(6,7)8/h18-31,34-40H,32-33H2,1-17H3. The van der Waals surface area contributed by atoms with E-state index in [0.29, 0.717) is 0 Å². The van der Waals surface area contributed by atoms with E-state index < -0.39 is 0 Å². The van der Waals surface area contributed by atoms with Crippen LogP contribution in [0.4, 0.5) is 34.1 Å². The first-order valence-electron chi connectivity index (χ1n) is 27.3. The van der Waals surface area contributed by atoms with Gasteiger partial charge in [-0.1, -0.05) is 171 Å². The van der Waals surface area contributed by atoms with Crippen molar-refractivity contribution in [2.45, 2.75) is 163 Å². The Morgan fingerprint density at radius 3 is 1.63 bits per heavy atom. The van der Waals surface area contributed by atoms with Crippen molar-refractivity contribution in [1.29, 1.82) is 0 Å². The molecular weight excluding hydrogens is 882 g/mol. The second kappa shape index (κ2) is 15.4. The molecule has 73 heavy (non-hydrogen) atoms. The van der Waals surface area contributed by atoms with Gasteiger partial charge in [0.1, 0.15) is 0 Å². The Labute approximate surface area is 437 Å². The summed E-state index contributed by atoms with van der Waals surface area (Å²) >= 11 is 0. The van der Waals surface area contributed by atoms with Crippen LogP contribution in [0, 0.1) is 13.8 Å². The van der Waals surface area contributed by atoms with Gasteiger partial charge in [-0.05, 0) is 181 Å². The number of hydrogen-bond donors (Lipinski definition) is 0. The maximum atomic E-state index is 2.74. The fraction of sp³-hybridized carbons (Fsp3) is 0.362. The molecule has 0 unspecified atom stereocenters. The summed E-state index contributed by atoms with van der Waals surface area (Å²) in [5.74, 6) is 0. The van der Waals surface area contributed by atoms with Crippen molar-refractivity contribution >= 4 is 68.1 Å². The van der Waals surface area contributed by atoms with Crippen LogP contribution in [0.25, 0.3) is 27.7 Å². The average Bonchev–Trinajstić information content (AvgIpc) is 3.79. The lowest BCUT2D eigenvalue weighted by molar-refractivity contribution is 0.332. The highest BCUT2D eigenvalue weighted by Gasteiger charge is 2.49. The number of fused-ring (bicyclic) bond motifs is 10. The van der Waals surface area contributed by atoms with Crippen molar-refractivity contribution in [2.75, 3.05) is 9.80 Å². The summed E-state index contributed by atoms with van der Waals surface area (Å²) in [4.78, 5) is 5.20. The molecule has 0 radical (unpaired) electrons. The van der Waals surface area contributed by atoms with Crippen LogP contribution in [0.5, 0.6) is 0 Å². The Morgan fingerprint density at radius 1 is 0.493 bits per heavy atom. The van der Waals surface area contributed by atoms with Crippen LogP contribution in [-0.2, 0) is 32.5 Å². The normalized spacial score (nSPS) is 16.7. The van der Waals surface area contributed by atoms with E-state index in [0.717, 1.165) is 23.5 Å². The third kappa shape index (κ3) is 7.04. The summed E-state index contributed by atoms with van der Waals surface area (Å²) in [6.07, 6.45) is 2.35. The van der Waals surface area contributed by atoms with Gasteiger partial charge in [0.25, 0.3) is 6.71 Å². The molecule has 1 aromatic heterocycles. The third-order valence-corrected chi connectivity index (χ3v) is 18.0. The molecule has 4 aliphatic rings. The van der Waals surface area contributed by atoms with Gasteiger partial charge in [0, 0.05) is 67.4 Å². The minimum absolute atomic E-state index is 0.00970. The molecule has 2 aliphatic heterocycles. The van der Waals surface area contributed by atoms with E-state index in [9.17, 15) is 0 Å². The quantitative estimate of drug-likeness (QED) is 0.163. The first-order chi connectivity index (χ1) is 34.2. The molecule has 7 aromatic carbocycles. The van der Waals surface area contributed by atoms with Crippen LogP contribution in [-0.4, -0.2) is 11.3 Å². The monoisotopic (exact) mass is 958 g/mol. The lowest BCUT2D eigenvalue weighted by atomic mass is 9.33. The molecule has 0 amide bonds. The van der Waals surface area contributed by atoms with Crippen molar-refractivity contribution in [2.24, 2.45) is 0 Å². The SMILES string of the molecule is Cc1cc2c3c(c1)-n1c4c(c5cc(C(C)(C)C)cc(c51)B3c1ccc(N(c3ccc(C(C)(C)C)cc3)c3ccc(C(C)(C)C)cc3)cc1N2c1cc2c(cc1C)C(C)(C)CCC2(C)C)-c1ccccc1C4(C)C. The average molecular weight is 958 g/mol. The van der Waals surface area contributed by atoms with Crippen molar-refractivity contribution in [1.82, 2.24) is 4.57 Å². The number of anilines is 6. The Bertz CT molecular complexity index is 3550. The zero-order valence-corrected chi connectivity index (χ0v) is 47.0. The molecule has 0 fully saturated rings. The zero-order valence-electron chi connectivity index (χ0n) is 47.0. The summed E-state index contributed by atoms with van der Waals surface area (Å²) in [5, 5.41) is 1.38. The Hall–Kier alpha value is -6.26. The van der Waals surface area contributed by atoms with Gasteiger partial charge in [-0.2, -0.15) is 0 Å². The van der Waals surface area contributed by atoms with E-state index in [1.165, 1.54) is 118 Å².